The molecule has 2 fully saturated rings. The third kappa shape index (κ3) is 6.89. The molecular weight excluding hydrogens is 520 g/mol. The van der Waals surface area contributed by atoms with Gasteiger partial charge in [0.2, 0.25) is 5.95 Å². The van der Waals surface area contributed by atoms with E-state index in [-0.39, 0.29) is 0 Å². The van der Waals surface area contributed by atoms with Gasteiger partial charge in [0.15, 0.2) is 5.75 Å². The van der Waals surface area contributed by atoms with Crippen molar-refractivity contribution in [2.24, 2.45) is 17.8 Å². The highest BCUT2D eigenvalue weighted by molar-refractivity contribution is 5.97. The highest BCUT2D eigenvalue weighted by atomic mass is 16.6. The van der Waals surface area contributed by atoms with Gasteiger partial charge in [0.1, 0.15) is 5.82 Å². The van der Waals surface area contributed by atoms with E-state index in [9.17, 15) is 0 Å². The first-order valence-corrected chi connectivity index (χ1v) is 16.0. The summed E-state index contributed by atoms with van der Waals surface area (Å²) in [4.78, 5) is 18.0. The lowest BCUT2D eigenvalue weighted by atomic mass is 9.82. The number of nitrogens with zero attached hydrogens (tertiary/aromatic N) is 3. The van der Waals surface area contributed by atoms with Crippen LogP contribution in [0.4, 0.5) is 17.5 Å². The quantitative estimate of drug-likeness (QED) is 0.161. The highest BCUT2D eigenvalue weighted by Crippen LogP contribution is 2.33. The number of fused-ring (bicyclic) bond motifs is 2. The monoisotopic (exact) mass is 566 g/mol. The molecular formula is C35H46N6O. The topological polar surface area (TPSA) is 74.3 Å². The molecule has 0 amide bonds. The zero-order valence-corrected chi connectivity index (χ0v) is 25.2. The second-order valence-electron chi connectivity index (χ2n) is 12.5. The number of nitrogens with one attached hydrogen (secondary N) is 3. The molecule has 7 nitrogen and oxygen atoms in total. The summed E-state index contributed by atoms with van der Waals surface area (Å²) in [6, 6.07) is 21.0. The van der Waals surface area contributed by atoms with Crippen molar-refractivity contribution in [3.63, 3.8) is 0 Å². The first-order valence-electron chi connectivity index (χ1n) is 16.0. The van der Waals surface area contributed by atoms with Crippen LogP contribution in [0, 0.1) is 17.8 Å². The van der Waals surface area contributed by atoms with E-state index >= 15 is 0 Å². The number of hydrogen-bond donors (Lipinski definition) is 3. The maximum Gasteiger partial charge on any atom is 0.225 e. The fraction of sp³-hybridized carbons (Fsp3) is 0.486. The Bertz CT molecular complexity index is 1460. The number of hydrogen-bond acceptors (Lipinski definition) is 7. The van der Waals surface area contributed by atoms with Gasteiger partial charge in [-0.1, -0.05) is 55.7 Å². The van der Waals surface area contributed by atoms with E-state index in [0.717, 1.165) is 59.4 Å². The van der Waals surface area contributed by atoms with Gasteiger partial charge in [-0.05, 0) is 80.5 Å². The van der Waals surface area contributed by atoms with Gasteiger partial charge in [0, 0.05) is 55.6 Å². The molecule has 2 aliphatic rings. The van der Waals surface area contributed by atoms with Crippen LogP contribution in [-0.2, 0) is 0 Å². The second-order valence-corrected chi connectivity index (χ2v) is 12.5. The Balaban J connectivity index is 0.985. The van der Waals surface area contributed by atoms with Gasteiger partial charge in [-0.25, -0.2) is 4.98 Å². The molecule has 7 heteroatoms. The number of para-hydroxylation sites is 1. The van der Waals surface area contributed by atoms with E-state index in [2.05, 4.69) is 89.7 Å². The van der Waals surface area contributed by atoms with Crippen molar-refractivity contribution >= 4 is 39.1 Å². The lowest BCUT2D eigenvalue weighted by Gasteiger charge is -2.28. The molecule has 0 bridgehead atoms. The van der Waals surface area contributed by atoms with Gasteiger partial charge in [0.25, 0.3) is 0 Å². The number of benzene rings is 3. The fourth-order valence-electron chi connectivity index (χ4n) is 6.78. The van der Waals surface area contributed by atoms with Crippen molar-refractivity contribution < 1.29 is 4.84 Å². The first kappa shape index (κ1) is 28.5. The number of anilines is 3. The summed E-state index contributed by atoms with van der Waals surface area (Å²) in [7, 11) is 4.16. The predicted molar refractivity (Wildman–Crippen MR) is 175 cm³/mol. The minimum Gasteiger partial charge on any atom is -0.408 e. The summed E-state index contributed by atoms with van der Waals surface area (Å²) in [5.41, 5.74) is 5.49. The first-order chi connectivity index (χ1) is 20.6. The van der Waals surface area contributed by atoms with Crippen LogP contribution in [-0.4, -0.2) is 43.7 Å². The Morgan fingerprint density at radius 3 is 2.14 bits per heavy atom. The number of rotatable bonds is 11. The van der Waals surface area contributed by atoms with Gasteiger partial charge in [0.05, 0.1) is 5.52 Å². The van der Waals surface area contributed by atoms with E-state index in [1.807, 2.05) is 6.07 Å². The normalized spacial score (nSPS) is 19.6. The highest BCUT2D eigenvalue weighted by Gasteiger charge is 2.22. The summed E-state index contributed by atoms with van der Waals surface area (Å²) in [5, 5.41) is 10.7. The number of hydroxylamine groups is 1. The van der Waals surface area contributed by atoms with Gasteiger partial charge in [-0.3, -0.25) is 0 Å². The summed E-state index contributed by atoms with van der Waals surface area (Å²) in [6.07, 6.45) is 11.6. The van der Waals surface area contributed by atoms with Crippen LogP contribution in [0.5, 0.6) is 5.75 Å². The molecule has 3 aromatic carbocycles. The molecule has 2 aliphatic carbocycles. The number of aromatic nitrogens is 2. The molecule has 1 heterocycles. The second kappa shape index (κ2) is 13.6. The predicted octanol–water partition coefficient (Wildman–Crippen LogP) is 7.64. The maximum atomic E-state index is 6.09. The van der Waals surface area contributed by atoms with Crippen LogP contribution >= 0.6 is 0 Å². The zero-order chi connectivity index (χ0) is 28.7. The van der Waals surface area contributed by atoms with E-state index in [4.69, 9.17) is 14.8 Å². The summed E-state index contributed by atoms with van der Waals surface area (Å²) in [6.45, 7) is 2.79. The summed E-state index contributed by atoms with van der Waals surface area (Å²) >= 11 is 0. The van der Waals surface area contributed by atoms with E-state index in [1.54, 1.807) is 0 Å². The molecule has 6 rings (SSSR count). The molecule has 0 radical (unpaired) electrons. The SMILES string of the molecule is CN(C)c1cccc2c(ONC[C@H]3CC[C@H](CNc4nc(NCC5CCCCC5)c5ccccc5n4)CC3)cccc12. The van der Waals surface area contributed by atoms with Gasteiger partial charge < -0.3 is 20.4 Å². The molecule has 42 heavy (non-hydrogen) atoms. The van der Waals surface area contributed by atoms with Crippen LogP contribution in [0.15, 0.2) is 60.7 Å². The summed E-state index contributed by atoms with van der Waals surface area (Å²) in [5.74, 6) is 4.61. The largest absolute Gasteiger partial charge is 0.408 e. The molecule has 0 aliphatic heterocycles. The molecule has 4 aromatic rings. The third-order valence-corrected chi connectivity index (χ3v) is 9.30. The van der Waals surface area contributed by atoms with Crippen molar-refractivity contribution in [3.8, 4) is 5.75 Å². The van der Waals surface area contributed by atoms with Gasteiger partial charge >= 0.3 is 0 Å². The van der Waals surface area contributed by atoms with E-state index in [0.29, 0.717) is 11.8 Å². The van der Waals surface area contributed by atoms with Crippen molar-refractivity contribution in [2.75, 3.05) is 49.3 Å². The lowest BCUT2D eigenvalue weighted by molar-refractivity contribution is 0.157. The molecule has 0 saturated heterocycles. The Kier molecular flexibility index (Phi) is 9.24. The van der Waals surface area contributed by atoms with Crippen molar-refractivity contribution in [1.82, 2.24) is 15.4 Å². The standard InChI is InChI=1S/C35H46N6O/c1-41(2)32-16-8-14-29-28(32)13-9-17-33(29)42-38-24-27-20-18-26(19-21-27)23-37-35-39-31-15-7-6-12-30(31)34(40-35)36-22-25-10-4-3-5-11-25/h6-9,12-17,25-27,38H,3-5,10-11,18-24H2,1-2H3,(H2,36,37,39,40)/t26-,27-. The average molecular weight is 567 g/mol. The third-order valence-electron chi connectivity index (χ3n) is 9.30. The molecule has 0 atom stereocenters. The molecule has 222 valence electrons. The Morgan fingerprint density at radius 1 is 0.667 bits per heavy atom. The Hall–Kier alpha value is -3.58. The molecule has 3 N–H and O–H groups in total. The molecule has 0 unspecified atom stereocenters. The van der Waals surface area contributed by atoms with E-state index < -0.39 is 0 Å². The molecule has 2 saturated carbocycles. The zero-order valence-electron chi connectivity index (χ0n) is 25.2. The van der Waals surface area contributed by atoms with Crippen LogP contribution in [0.3, 0.4) is 0 Å². The molecule has 0 spiro atoms. The van der Waals surface area contributed by atoms with E-state index in [1.165, 1.54) is 68.9 Å². The minimum absolute atomic E-state index is 0.626. The fourth-order valence-corrected chi connectivity index (χ4v) is 6.78. The minimum atomic E-state index is 0.626. The van der Waals surface area contributed by atoms with Crippen LogP contribution in [0.1, 0.15) is 57.8 Å². The molecule has 1 aromatic heterocycles. The summed E-state index contributed by atoms with van der Waals surface area (Å²) < 4.78 is 0. The van der Waals surface area contributed by atoms with Crippen molar-refractivity contribution in [3.05, 3.63) is 60.7 Å². The van der Waals surface area contributed by atoms with Crippen molar-refractivity contribution in [2.45, 2.75) is 57.8 Å². The maximum absolute atomic E-state index is 6.09. The smallest absolute Gasteiger partial charge is 0.225 e. The van der Waals surface area contributed by atoms with Crippen LogP contribution in [0.2, 0.25) is 0 Å². The van der Waals surface area contributed by atoms with Crippen LogP contribution < -0.4 is 25.9 Å². The Morgan fingerprint density at radius 2 is 1.33 bits per heavy atom. The van der Waals surface area contributed by atoms with Gasteiger partial charge in [-0.2, -0.15) is 10.5 Å². The Labute approximate surface area is 250 Å². The average Bonchev–Trinajstić information content (AvgIpc) is 3.03. The van der Waals surface area contributed by atoms with Gasteiger partial charge in [-0.15, -0.1) is 0 Å². The van der Waals surface area contributed by atoms with Crippen LogP contribution in [0.25, 0.3) is 21.7 Å². The lowest BCUT2D eigenvalue weighted by Crippen LogP contribution is -2.30. The van der Waals surface area contributed by atoms with Crippen molar-refractivity contribution in [1.29, 1.82) is 0 Å².